The van der Waals surface area contributed by atoms with Gasteiger partial charge in [-0.25, -0.2) is 4.52 Å². The lowest BCUT2D eigenvalue weighted by molar-refractivity contribution is 0.0909. The van der Waals surface area contributed by atoms with Crippen LogP contribution in [0.3, 0.4) is 0 Å². The van der Waals surface area contributed by atoms with E-state index in [1.807, 2.05) is 107 Å². The molecule has 1 amide bonds. The van der Waals surface area contributed by atoms with Crippen LogP contribution < -0.4 is 10.6 Å². The van der Waals surface area contributed by atoms with Crippen LogP contribution in [0.15, 0.2) is 85.2 Å². The smallest absolute Gasteiger partial charge is 0.252 e. The summed E-state index contributed by atoms with van der Waals surface area (Å²) in [5.74, 6) is -0.213. The number of nitrogens with zero attached hydrogens (tertiary/aromatic N) is 3. The number of amides is 1. The van der Waals surface area contributed by atoms with Gasteiger partial charge in [-0.1, -0.05) is 42.5 Å². The SMILES string of the molecule is CNCC(=O)c1c(-c2ccccc2)nn2ccc(-c3cc(C(=O)NC(C)(C)c4ccccn4)ccc3C)c(C)c12. The summed E-state index contributed by atoms with van der Waals surface area (Å²) in [4.78, 5) is 31.2. The van der Waals surface area contributed by atoms with E-state index >= 15 is 0 Å². The first-order valence-electron chi connectivity index (χ1n) is 13.3. The van der Waals surface area contributed by atoms with Gasteiger partial charge in [0.25, 0.3) is 5.91 Å². The molecular weight excluding hydrogens is 498 g/mol. The van der Waals surface area contributed by atoms with Crippen LogP contribution in [0.4, 0.5) is 0 Å². The Morgan fingerprint density at radius 1 is 0.925 bits per heavy atom. The third-order valence-corrected chi connectivity index (χ3v) is 7.24. The van der Waals surface area contributed by atoms with E-state index in [0.717, 1.165) is 39.0 Å². The summed E-state index contributed by atoms with van der Waals surface area (Å²) < 4.78 is 1.78. The van der Waals surface area contributed by atoms with Gasteiger partial charge in [0.1, 0.15) is 5.69 Å². The minimum absolute atomic E-state index is 0.0294. The molecule has 0 aliphatic heterocycles. The summed E-state index contributed by atoms with van der Waals surface area (Å²) in [6.45, 7) is 8.11. The van der Waals surface area contributed by atoms with E-state index in [2.05, 4.69) is 15.6 Å². The average molecular weight is 532 g/mol. The Balaban J connectivity index is 1.60. The number of nitrogens with one attached hydrogen (secondary N) is 2. The Morgan fingerprint density at radius 3 is 2.38 bits per heavy atom. The summed E-state index contributed by atoms with van der Waals surface area (Å²) in [6.07, 6.45) is 3.61. The van der Waals surface area contributed by atoms with Crippen molar-refractivity contribution < 1.29 is 9.59 Å². The number of rotatable bonds is 8. The molecule has 2 aromatic carbocycles. The largest absolute Gasteiger partial charge is 0.342 e. The van der Waals surface area contributed by atoms with Crippen LogP contribution in [0.25, 0.3) is 27.9 Å². The van der Waals surface area contributed by atoms with Gasteiger partial charge in [-0.15, -0.1) is 0 Å². The van der Waals surface area contributed by atoms with Gasteiger partial charge in [0.05, 0.1) is 28.9 Å². The second-order valence-corrected chi connectivity index (χ2v) is 10.5. The lowest BCUT2D eigenvalue weighted by Gasteiger charge is -2.26. The molecule has 0 bridgehead atoms. The standard InChI is InChI=1S/C33H33N5O2/c1-21-14-15-24(32(40)36-33(3,4)28-13-9-10-17-35-28)19-26(21)25-16-18-38-31(22(25)2)29(27(39)20-34-5)30(37-38)23-11-7-6-8-12-23/h6-19,34H,20H2,1-5H3,(H,36,40). The normalized spacial score (nSPS) is 11.5. The number of benzene rings is 2. The van der Waals surface area contributed by atoms with Gasteiger partial charge in [-0.05, 0) is 87.3 Å². The number of hydrogen-bond acceptors (Lipinski definition) is 5. The molecule has 2 N–H and O–H groups in total. The first-order valence-corrected chi connectivity index (χ1v) is 13.3. The molecule has 7 heteroatoms. The third-order valence-electron chi connectivity index (χ3n) is 7.24. The van der Waals surface area contributed by atoms with Crippen molar-refractivity contribution in [2.45, 2.75) is 33.2 Å². The van der Waals surface area contributed by atoms with Crippen LogP contribution in [0.5, 0.6) is 0 Å². The van der Waals surface area contributed by atoms with E-state index in [-0.39, 0.29) is 18.2 Å². The summed E-state index contributed by atoms with van der Waals surface area (Å²) >= 11 is 0. The Hall–Kier alpha value is -4.62. The monoisotopic (exact) mass is 531 g/mol. The molecule has 0 unspecified atom stereocenters. The molecule has 7 nitrogen and oxygen atoms in total. The van der Waals surface area contributed by atoms with E-state index in [1.54, 1.807) is 17.8 Å². The molecule has 0 radical (unpaired) electrons. The molecule has 202 valence electrons. The fourth-order valence-corrected chi connectivity index (χ4v) is 5.11. The maximum absolute atomic E-state index is 13.4. The lowest BCUT2D eigenvalue weighted by atomic mass is 9.92. The number of pyridine rings is 2. The van der Waals surface area contributed by atoms with E-state index < -0.39 is 5.54 Å². The van der Waals surface area contributed by atoms with Gasteiger partial charge in [-0.2, -0.15) is 5.10 Å². The van der Waals surface area contributed by atoms with Crippen molar-refractivity contribution in [2.24, 2.45) is 0 Å². The third kappa shape index (κ3) is 5.03. The summed E-state index contributed by atoms with van der Waals surface area (Å²) in [6, 6.07) is 23.1. The van der Waals surface area contributed by atoms with Crippen LogP contribution in [0.2, 0.25) is 0 Å². The molecule has 0 atom stereocenters. The Bertz CT molecular complexity index is 1710. The van der Waals surface area contributed by atoms with Crippen molar-refractivity contribution in [3.8, 4) is 22.4 Å². The molecule has 0 saturated heterocycles. The minimum Gasteiger partial charge on any atom is -0.342 e. The second kappa shape index (κ2) is 10.9. The van der Waals surface area contributed by atoms with Crippen molar-refractivity contribution in [3.05, 3.63) is 113 Å². The maximum Gasteiger partial charge on any atom is 0.252 e. The average Bonchev–Trinajstić information content (AvgIpc) is 3.35. The number of hydrogen-bond donors (Lipinski definition) is 2. The highest BCUT2D eigenvalue weighted by Crippen LogP contribution is 2.35. The highest BCUT2D eigenvalue weighted by molar-refractivity contribution is 6.10. The van der Waals surface area contributed by atoms with E-state index in [1.165, 1.54) is 0 Å². The van der Waals surface area contributed by atoms with E-state index in [9.17, 15) is 9.59 Å². The van der Waals surface area contributed by atoms with Gasteiger partial charge in [0, 0.05) is 23.5 Å². The highest BCUT2D eigenvalue weighted by atomic mass is 16.2. The number of aromatic nitrogens is 3. The molecular formula is C33H33N5O2. The van der Waals surface area contributed by atoms with Crippen LogP contribution in [-0.2, 0) is 5.54 Å². The molecule has 0 spiro atoms. The van der Waals surface area contributed by atoms with Crippen LogP contribution in [0.1, 0.15) is 51.4 Å². The van der Waals surface area contributed by atoms with Gasteiger partial charge >= 0.3 is 0 Å². The number of carbonyl (C=O) groups excluding carboxylic acids is 2. The second-order valence-electron chi connectivity index (χ2n) is 10.5. The number of ketones is 1. The van der Waals surface area contributed by atoms with Gasteiger partial charge in [-0.3, -0.25) is 14.6 Å². The Kier molecular flexibility index (Phi) is 7.32. The fraction of sp³-hybridized carbons (Fsp3) is 0.212. The molecule has 0 fully saturated rings. The van der Waals surface area contributed by atoms with Crippen molar-refractivity contribution >= 4 is 17.2 Å². The Morgan fingerprint density at radius 2 is 1.68 bits per heavy atom. The molecule has 3 heterocycles. The molecule has 0 aliphatic rings. The quantitative estimate of drug-likeness (QED) is 0.249. The van der Waals surface area contributed by atoms with Gasteiger partial charge in [0.2, 0.25) is 0 Å². The zero-order valence-corrected chi connectivity index (χ0v) is 23.4. The van der Waals surface area contributed by atoms with Gasteiger partial charge in [0.15, 0.2) is 5.78 Å². The molecule has 5 rings (SSSR count). The van der Waals surface area contributed by atoms with E-state index in [4.69, 9.17) is 5.10 Å². The highest BCUT2D eigenvalue weighted by Gasteiger charge is 2.26. The molecule has 0 aliphatic carbocycles. The fourth-order valence-electron chi connectivity index (χ4n) is 5.11. The number of carbonyl (C=O) groups is 2. The Labute approximate surface area is 234 Å². The van der Waals surface area contributed by atoms with Crippen LogP contribution in [0, 0.1) is 13.8 Å². The zero-order chi connectivity index (χ0) is 28.4. The topological polar surface area (TPSA) is 88.4 Å². The summed E-state index contributed by atoms with van der Waals surface area (Å²) in [5.41, 5.74) is 7.40. The molecule has 3 aromatic heterocycles. The molecule has 0 saturated carbocycles. The molecule has 5 aromatic rings. The summed E-state index contributed by atoms with van der Waals surface area (Å²) in [5, 5.41) is 10.9. The first kappa shape index (κ1) is 27.0. The summed E-state index contributed by atoms with van der Waals surface area (Å²) in [7, 11) is 1.76. The van der Waals surface area contributed by atoms with Crippen molar-refractivity contribution in [3.63, 3.8) is 0 Å². The zero-order valence-electron chi connectivity index (χ0n) is 23.4. The van der Waals surface area contributed by atoms with Crippen molar-refractivity contribution in [1.29, 1.82) is 0 Å². The van der Waals surface area contributed by atoms with E-state index in [0.29, 0.717) is 16.8 Å². The number of fused-ring (bicyclic) bond motifs is 1. The van der Waals surface area contributed by atoms with Crippen LogP contribution >= 0.6 is 0 Å². The van der Waals surface area contributed by atoms with Gasteiger partial charge < -0.3 is 10.6 Å². The lowest BCUT2D eigenvalue weighted by Crippen LogP contribution is -2.41. The van der Waals surface area contributed by atoms with Crippen LogP contribution in [-0.4, -0.2) is 39.9 Å². The minimum atomic E-state index is -0.647. The predicted octanol–water partition coefficient (Wildman–Crippen LogP) is 5.75. The number of Topliss-reactive ketones (excluding diaryl/α,β-unsaturated/α-hetero) is 1. The molecule has 40 heavy (non-hydrogen) atoms. The van der Waals surface area contributed by atoms with Crippen molar-refractivity contribution in [2.75, 3.05) is 13.6 Å². The number of aryl methyl sites for hydroxylation is 2. The van der Waals surface area contributed by atoms with Crippen molar-refractivity contribution in [1.82, 2.24) is 25.2 Å². The first-order chi connectivity index (χ1) is 19.2. The number of likely N-dealkylation sites (N-methyl/N-ethyl adjacent to an activating group) is 1. The predicted molar refractivity (Wildman–Crippen MR) is 159 cm³/mol. The maximum atomic E-state index is 13.4.